The molecule has 0 atom stereocenters. The fourth-order valence-corrected chi connectivity index (χ4v) is 3.55. The summed E-state index contributed by atoms with van der Waals surface area (Å²) in [7, 11) is 0. The summed E-state index contributed by atoms with van der Waals surface area (Å²) in [5.74, 6) is 0. The van der Waals surface area contributed by atoms with E-state index in [1.54, 1.807) is 11.3 Å². The van der Waals surface area contributed by atoms with Crippen molar-refractivity contribution in [3.05, 3.63) is 17.6 Å². The van der Waals surface area contributed by atoms with Crippen molar-refractivity contribution in [2.45, 2.75) is 33.1 Å². The van der Waals surface area contributed by atoms with Crippen LogP contribution in [0, 0.1) is 5.41 Å². The summed E-state index contributed by atoms with van der Waals surface area (Å²) >= 11 is 1.65. The van der Waals surface area contributed by atoms with Crippen LogP contribution in [0.1, 0.15) is 33.1 Å². The summed E-state index contributed by atoms with van der Waals surface area (Å²) in [5.41, 5.74) is 11.7. The number of nitrogens with two attached hydrogens (primary N) is 1. The first kappa shape index (κ1) is 12.7. The Labute approximate surface area is 118 Å². The van der Waals surface area contributed by atoms with Gasteiger partial charge in [-0.3, -0.25) is 0 Å². The molecule has 0 radical (unpaired) electrons. The van der Waals surface area contributed by atoms with Crippen LogP contribution < -0.4 is 10.6 Å². The third-order valence-electron chi connectivity index (χ3n) is 4.68. The fraction of sp³-hybridized carbons (Fsp3) is 0.533. The van der Waals surface area contributed by atoms with Gasteiger partial charge in [-0.15, -0.1) is 11.3 Å². The Balaban J connectivity index is 1.87. The van der Waals surface area contributed by atoms with Crippen LogP contribution in [0.2, 0.25) is 0 Å². The van der Waals surface area contributed by atoms with E-state index in [2.05, 4.69) is 35.9 Å². The van der Waals surface area contributed by atoms with Crippen molar-refractivity contribution in [1.29, 1.82) is 0 Å². The number of anilines is 2. The maximum atomic E-state index is 6.30. The molecule has 4 heteroatoms. The van der Waals surface area contributed by atoms with Crippen molar-refractivity contribution in [1.82, 2.24) is 4.98 Å². The van der Waals surface area contributed by atoms with E-state index in [-0.39, 0.29) is 0 Å². The highest BCUT2D eigenvalue weighted by Crippen LogP contribution is 2.39. The lowest BCUT2D eigenvalue weighted by atomic mass is 9.78. The molecule has 102 valence electrons. The molecule has 0 saturated carbocycles. The van der Waals surface area contributed by atoms with Crippen molar-refractivity contribution in [3.8, 4) is 0 Å². The fourth-order valence-electron chi connectivity index (χ4n) is 2.86. The molecule has 1 aromatic heterocycles. The molecule has 0 spiro atoms. The van der Waals surface area contributed by atoms with E-state index < -0.39 is 0 Å². The summed E-state index contributed by atoms with van der Waals surface area (Å²) < 4.78 is 1.18. The highest BCUT2D eigenvalue weighted by molar-refractivity contribution is 7.16. The van der Waals surface area contributed by atoms with Crippen LogP contribution in [-0.2, 0) is 0 Å². The van der Waals surface area contributed by atoms with E-state index >= 15 is 0 Å². The van der Waals surface area contributed by atoms with Gasteiger partial charge < -0.3 is 10.6 Å². The van der Waals surface area contributed by atoms with E-state index in [0.717, 1.165) is 30.0 Å². The zero-order valence-electron chi connectivity index (χ0n) is 11.6. The van der Waals surface area contributed by atoms with Crippen LogP contribution in [0.15, 0.2) is 17.6 Å². The van der Waals surface area contributed by atoms with Gasteiger partial charge in [-0.25, -0.2) is 4.98 Å². The third-order valence-corrected chi connectivity index (χ3v) is 5.48. The number of thiazole rings is 1. The molecule has 19 heavy (non-hydrogen) atoms. The summed E-state index contributed by atoms with van der Waals surface area (Å²) in [6, 6.07) is 4.30. The molecule has 1 aliphatic heterocycles. The summed E-state index contributed by atoms with van der Waals surface area (Å²) in [4.78, 5) is 6.81. The van der Waals surface area contributed by atoms with Gasteiger partial charge in [0, 0.05) is 13.1 Å². The van der Waals surface area contributed by atoms with Crippen molar-refractivity contribution in [3.63, 3.8) is 0 Å². The minimum absolute atomic E-state index is 0.510. The Morgan fingerprint density at radius 1 is 1.37 bits per heavy atom. The average molecular weight is 275 g/mol. The molecule has 2 aromatic rings. The average Bonchev–Trinajstić information content (AvgIpc) is 2.90. The van der Waals surface area contributed by atoms with E-state index in [4.69, 9.17) is 5.73 Å². The Morgan fingerprint density at radius 2 is 2.11 bits per heavy atom. The van der Waals surface area contributed by atoms with Gasteiger partial charge >= 0.3 is 0 Å². The van der Waals surface area contributed by atoms with Gasteiger partial charge in [0.25, 0.3) is 0 Å². The van der Waals surface area contributed by atoms with Gasteiger partial charge in [-0.1, -0.05) is 20.3 Å². The maximum absolute atomic E-state index is 6.30. The standard InChI is InChI=1S/C15H21N3S/c1-3-15(2)6-8-18(9-7-15)11-4-5-12-14(13(11)16)17-10-19-12/h4-5,10H,3,6-9,16H2,1-2H3. The normalized spacial score (nSPS) is 18.9. The predicted octanol–water partition coefficient (Wildman–Crippen LogP) is 3.90. The Bertz CT molecular complexity index is 582. The second-order valence-electron chi connectivity index (χ2n) is 5.85. The molecule has 0 aliphatic carbocycles. The summed E-state index contributed by atoms with van der Waals surface area (Å²) in [5, 5.41) is 0. The number of fused-ring (bicyclic) bond motifs is 1. The highest BCUT2D eigenvalue weighted by atomic mass is 32.1. The van der Waals surface area contributed by atoms with Crippen molar-refractivity contribution >= 4 is 32.9 Å². The Kier molecular flexibility index (Phi) is 3.13. The van der Waals surface area contributed by atoms with Crippen LogP contribution in [0.4, 0.5) is 11.4 Å². The van der Waals surface area contributed by atoms with E-state index in [0.29, 0.717) is 5.41 Å². The third kappa shape index (κ3) is 2.18. The highest BCUT2D eigenvalue weighted by Gasteiger charge is 2.29. The minimum atomic E-state index is 0.510. The Hall–Kier alpha value is -1.29. The zero-order chi connectivity index (χ0) is 13.5. The monoisotopic (exact) mass is 275 g/mol. The van der Waals surface area contributed by atoms with Gasteiger partial charge in [-0.05, 0) is 30.4 Å². The Morgan fingerprint density at radius 3 is 2.79 bits per heavy atom. The number of hydrogen-bond donors (Lipinski definition) is 1. The SMILES string of the molecule is CCC1(C)CCN(c2ccc3scnc3c2N)CC1. The van der Waals surface area contributed by atoms with Crippen molar-refractivity contribution < 1.29 is 0 Å². The number of nitrogen functional groups attached to an aromatic ring is 1. The quantitative estimate of drug-likeness (QED) is 0.845. The van der Waals surface area contributed by atoms with Gasteiger partial charge in [0.05, 0.1) is 21.6 Å². The molecule has 1 saturated heterocycles. The molecular weight excluding hydrogens is 254 g/mol. The molecule has 0 bridgehead atoms. The van der Waals surface area contributed by atoms with Gasteiger partial charge in [0.15, 0.2) is 0 Å². The molecule has 2 heterocycles. The zero-order valence-corrected chi connectivity index (χ0v) is 12.5. The second kappa shape index (κ2) is 4.67. The molecule has 3 nitrogen and oxygen atoms in total. The maximum Gasteiger partial charge on any atom is 0.106 e. The lowest BCUT2D eigenvalue weighted by molar-refractivity contribution is 0.238. The first-order valence-electron chi connectivity index (χ1n) is 6.99. The largest absolute Gasteiger partial charge is 0.395 e. The number of rotatable bonds is 2. The minimum Gasteiger partial charge on any atom is -0.395 e. The molecule has 0 amide bonds. The van der Waals surface area contributed by atoms with Gasteiger partial charge in [0.2, 0.25) is 0 Å². The summed E-state index contributed by atoms with van der Waals surface area (Å²) in [6.07, 6.45) is 3.76. The molecule has 2 N–H and O–H groups in total. The van der Waals surface area contributed by atoms with Crippen LogP contribution in [0.5, 0.6) is 0 Å². The number of nitrogens with zero attached hydrogens (tertiary/aromatic N) is 2. The molecule has 0 unspecified atom stereocenters. The molecule has 1 aliphatic rings. The first-order valence-corrected chi connectivity index (χ1v) is 7.87. The molecular formula is C15H21N3S. The smallest absolute Gasteiger partial charge is 0.106 e. The van der Waals surface area contributed by atoms with E-state index in [1.165, 1.54) is 24.0 Å². The van der Waals surface area contributed by atoms with Crippen LogP contribution in [-0.4, -0.2) is 18.1 Å². The van der Waals surface area contributed by atoms with Crippen molar-refractivity contribution in [2.24, 2.45) is 5.41 Å². The number of hydrogen-bond acceptors (Lipinski definition) is 4. The number of benzene rings is 1. The molecule has 1 aromatic carbocycles. The lowest BCUT2D eigenvalue weighted by Crippen LogP contribution is -2.38. The molecule has 1 fully saturated rings. The van der Waals surface area contributed by atoms with Gasteiger partial charge in [-0.2, -0.15) is 0 Å². The van der Waals surface area contributed by atoms with Crippen LogP contribution in [0.3, 0.4) is 0 Å². The van der Waals surface area contributed by atoms with E-state index in [9.17, 15) is 0 Å². The number of aromatic nitrogens is 1. The van der Waals surface area contributed by atoms with Crippen LogP contribution in [0.25, 0.3) is 10.2 Å². The van der Waals surface area contributed by atoms with E-state index in [1.807, 2.05) is 5.51 Å². The topological polar surface area (TPSA) is 42.2 Å². The van der Waals surface area contributed by atoms with Gasteiger partial charge in [0.1, 0.15) is 5.52 Å². The van der Waals surface area contributed by atoms with Crippen molar-refractivity contribution in [2.75, 3.05) is 23.7 Å². The van der Waals surface area contributed by atoms with Crippen LogP contribution >= 0.6 is 11.3 Å². The summed E-state index contributed by atoms with van der Waals surface area (Å²) in [6.45, 7) is 6.90. The number of piperidine rings is 1. The lowest BCUT2D eigenvalue weighted by Gasteiger charge is -2.40. The molecule has 3 rings (SSSR count). The predicted molar refractivity (Wildman–Crippen MR) is 83.9 cm³/mol. The second-order valence-corrected chi connectivity index (χ2v) is 6.74. The first-order chi connectivity index (χ1) is 9.13.